The van der Waals surface area contributed by atoms with Crippen molar-refractivity contribution in [2.24, 2.45) is 5.73 Å². The van der Waals surface area contributed by atoms with Crippen molar-refractivity contribution in [2.45, 2.75) is 37.4 Å². The number of thiazole rings is 1. The van der Waals surface area contributed by atoms with E-state index in [-0.39, 0.29) is 5.92 Å². The fraction of sp³-hybridized carbons (Fsp3) is 0.400. The monoisotopic (exact) mass is 312 g/mol. The number of aryl methyl sites for hydroxylation is 1. The first-order chi connectivity index (χ1) is 9.97. The summed E-state index contributed by atoms with van der Waals surface area (Å²) in [5, 5.41) is -0.822. The lowest BCUT2D eigenvalue weighted by Crippen LogP contribution is -2.22. The van der Waals surface area contributed by atoms with Crippen molar-refractivity contribution < 1.29 is 13.2 Å². The summed E-state index contributed by atoms with van der Waals surface area (Å²) < 4.78 is 38.0. The summed E-state index contributed by atoms with van der Waals surface area (Å²) in [5.41, 5.74) is 8.66. The van der Waals surface area contributed by atoms with Crippen molar-refractivity contribution in [2.75, 3.05) is 0 Å². The number of halogens is 3. The fourth-order valence-corrected chi connectivity index (χ4v) is 3.78. The zero-order valence-electron chi connectivity index (χ0n) is 11.2. The molecule has 0 saturated carbocycles. The second-order valence-corrected chi connectivity index (χ2v) is 6.35. The second-order valence-electron chi connectivity index (χ2n) is 5.29. The molecule has 0 bridgehead atoms. The third-order valence-corrected chi connectivity index (χ3v) is 5.09. The van der Waals surface area contributed by atoms with Crippen molar-refractivity contribution in [3.8, 4) is 0 Å². The zero-order chi connectivity index (χ0) is 15.0. The maximum atomic E-state index is 12.7. The molecule has 2 nitrogen and oxygen atoms in total. The van der Waals surface area contributed by atoms with E-state index in [2.05, 4.69) is 11.1 Å². The molecule has 1 aromatic carbocycles. The van der Waals surface area contributed by atoms with E-state index in [9.17, 15) is 13.2 Å². The molecule has 0 aliphatic heterocycles. The average molecular weight is 312 g/mol. The highest BCUT2D eigenvalue weighted by atomic mass is 32.1. The number of aromatic nitrogens is 1. The summed E-state index contributed by atoms with van der Waals surface area (Å²) in [5.74, 6) is 0.0662. The van der Waals surface area contributed by atoms with Crippen LogP contribution in [0.5, 0.6) is 0 Å². The minimum atomic E-state index is -4.40. The lowest BCUT2D eigenvalue weighted by Gasteiger charge is -2.29. The van der Waals surface area contributed by atoms with Crippen molar-refractivity contribution in [1.82, 2.24) is 4.98 Å². The highest BCUT2D eigenvalue weighted by molar-refractivity contribution is 7.11. The highest BCUT2D eigenvalue weighted by Gasteiger charge is 2.36. The lowest BCUT2D eigenvalue weighted by molar-refractivity contribution is -0.137. The molecule has 6 heteroatoms. The van der Waals surface area contributed by atoms with E-state index in [0.717, 1.165) is 19.3 Å². The average Bonchev–Trinajstić information content (AvgIpc) is 2.96. The normalized spacial score (nSPS) is 20.1. The second kappa shape index (κ2) is 5.42. The molecule has 2 aromatic rings. The third kappa shape index (κ3) is 2.82. The molecule has 112 valence electrons. The standard InChI is InChI=1S/C15H15F3N2S/c16-15(17,18)14-20-8-12(21-14)13(19)11-7-3-5-9-4-1-2-6-10(9)11/h1-2,4,6,8,11,13H,3,5,7,19H2. The van der Waals surface area contributed by atoms with Crippen molar-refractivity contribution in [1.29, 1.82) is 0 Å². The van der Waals surface area contributed by atoms with Gasteiger partial charge in [0.1, 0.15) is 0 Å². The largest absolute Gasteiger partial charge is 0.443 e. The number of hydrogen-bond donors (Lipinski definition) is 1. The van der Waals surface area contributed by atoms with Crippen LogP contribution in [0.2, 0.25) is 0 Å². The van der Waals surface area contributed by atoms with Crippen LogP contribution in [0.3, 0.4) is 0 Å². The minimum Gasteiger partial charge on any atom is -0.323 e. The third-order valence-electron chi connectivity index (χ3n) is 3.94. The van der Waals surface area contributed by atoms with Crippen LogP contribution in [-0.2, 0) is 12.6 Å². The van der Waals surface area contributed by atoms with Gasteiger partial charge in [-0.15, -0.1) is 11.3 Å². The van der Waals surface area contributed by atoms with Gasteiger partial charge in [-0.25, -0.2) is 4.98 Å². The SMILES string of the molecule is NC(c1cnc(C(F)(F)F)s1)C1CCCc2ccccc21. The molecule has 0 spiro atoms. The Balaban J connectivity index is 1.89. The quantitative estimate of drug-likeness (QED) is 0.899. The number of nitrogens with zero attached hydrogens (tertiary/aromatic N) is 1. The van der Waals surface area contributed by atoms with Crippen LogP contribution < -0.4 is 5.73 Å². The zero-order valence-corrected chi connectivity index (χ0v) is 12.0. The van der Waals surface area contributed by atoms with E-state index in [1.54, 1.807) is 0 Å². The molecule has 0 radical (unpaired) electrons. The molecule has 2 atom stereocenters. The molecule has 21 heavy (non-hydrogen) atoms. The van der Waals surface area contributed by atoms with Gasteiger partial charge in [0.2, 0.25) is 0 Å². The summed E-state index contributed by atoms with van der Waals surface area (Å²) in [6, 6.07) is 7.62. The van der Waals surface area contributed by atoms with Gasteiger partial charge in [0.05, 0.1) is 0 Å². The summed E-state index contributed by atoms with van der Waals surface area (Å²) in [6.45, 7) is 0. The van der Waals surface area contributed by atoms with Gasteiger partial charge in [-0.1, -0.05) is 24.3 Å². The van der Waals surface area contributed by atoms with Gasteiger partial charge in [-0.05, 0) is 30.4 Å². The van der Waals surface area contributed by atoms with E-state index in [1.165, 1.54) is 17.3 Å². The van der Waals surface area contributed by atoms with Crippen LogP contribution in [0.1, 0.15) is 45.8 Å². The van der Waals surface area contributed by atoms with Crippen LogP contribution in [0.25, 0.3) is 0 Å². The van der Waals surface area contributed by atoms with Gasteiger partial charge >= 0.3 is 6.18 Å². The molecule has 1 aliphatic rings. The Bertz CT molecular complexity index is 636. The molecule has 0 fully saturated rings. The Morgan fingerprint density at radius 2 is 2.05 bits per heavy atom. The topological polar surface area (TPSA) is 38.9 Å². The van der Waals surface area contributed by atoms with Crippen molar-refractivity contribution in [3.05, 3.63) is 51.5 Å². The fourth-order valence-electron chi connectivity index (χ4n) is 2.93. The first-order valence-corrected chi connectivity index (χ1v) is 7.65. The van der Waals surface area contributed by atoms with Crippen molar-refractivity contribution in [3.63, 3.8) is 0 Å². The number of alkyl halides is 3. The Morgan fingerprint density at radius 1 is 1.29 bits per heavy atom. The number of hydrogen-bond acceptors (Lipinski definition) is 3. The van der Waals surface area contributed by atoms with Crippen LogP contribution in [0, 0.1) is 0 Å². The highest BCUT2D eigenvalue weighted by Crippen LogP contribution is 2.42. The van der Waals surface area contributed by atoms with Gasteiger partial charge in [0.15, 0.2) is 5.01 Å². The summed E-state index contributed by atoms with van der Waals surface area (Å²) in [7, 11) is 0. The molecule has 0 amide bonds. The summed E-state index contributed by atoms with van der Waals surface area (Å²) in [4.78, 5) is 3.98. The number of nitrogens with two attached hydrogens (primary N) is 1. The van der Waals surface area contributed by atoms with E-state index in [0.29, 0.717) is 16.2 Å². The molecular formula is C15H15F3N2S. The van der Waals surface area contributed by atoms with E-state index >= 15 is 0 Å². The minimum absolute atomic E-state index is 0.0662. The smallest absolute Gasteiger partial charge is 0.323 e. The molecule has 1 heterocycles. The van der Waals surface area contributed by atoms with Crippen LogP contribution >= 0.6 is 11.3 Å². The Labute approximate surface area is 124 Å². The van der Waals surface area contributed by atoms with Gasteiger partial charge in [-0.2, -0.15) is 13.2 Å². The number of fused-ring (bicyclic) bond motifs is 1. The Morgan fingerprint density at radius 3 is 2.76 bits per heavy atom. The van der Waals surface area contributed by atoms with Gasteiger partial charge in [0.25, 0.3) is 0 Å². The van der Waals surface area contributed by atoms with E-state index in [1.807, 2.05) is 18.2 Å². The number of benzene rings is 1. The molecular weight excluding hydrogens is 297 g/mol. The Hall–Kier alpha value is -1.40. The molecule has 1 aliphatic carbocycles. The maximum absolute atomic E-state index is 12.7. The lowest BCUT2D eigenvalue weighted by atomic mass is 9.79. The van der Waals surface area contributed by atoms with Crippen LogP contribution in [0.4, 0.5) is 13.2 Å². The van der Waals surface area contributed by atoms with Crippen molar-refractivity contribution >= 4 is 11.3 Å². The molecule has 2 N–H and O–H groups in total. The van der Waals surface area contributed by atoms with E-state index in [4.69, 9.17) is 5.73 Å². The summed E-state index contributed by atoms with van der Waals surface area (Å²) >= 11 is 0.655. The summed E-state index contributed by atoms with van der Waals surface area (Å²) in [6.07, 6.45) is -0.198. The van der Waals surface area contributed by atoms with E-state index < -0.39 is 17.2 Å². The van der Waals surface area contributed by atoms with Gasteiger partial charge in [0, 0.05) is 23.0 Å². The van der Waals surface area contributed by atoms with Crippen LogP contribution in [0.15, 0.2) is 30.5 Å². The van der Waals surface area contributed by atoms with Gasteiger partial charge < -0.3 is 5.73 Å². The predicted octanol–water partition coefficient (Wildman–Crippen LogP) is 4.28. The molecule has 0 saturated heterocycles. The molecule has 1 aromatic heterocycles. The Kier molecular flexibility index (Phi) is 3.75. The number of rotatable bonds is 2. The maximum Gasteiger partial charge on any atom is 0.443 e. The van der Waals surface area contributed by atoms with Gasteiger partial charge in [-0.3, -0.25) is 0 Å². The first-order valence-electron chi connectivity index (χ1n) is 6.83. The van der Waals surface area contributed by atoms with Crippen LogP contribution in [-0.4, -0.2) is 4.98 Å². The first kappa shape index (κ1) is 14.5. The molecule has 3 rings (SSSR count). The molecule has 2 unspecified atom stereocenters. The predicted molar refractivity (Wildman–Crippen MR) is 76.2 cm³/mol.